The highest BCUT2D eigenvalue weighted by Gasteiger charge is 2.19. The van der Waals surface area contributed by atoms with E-state index in [2.05, 4.69) is 29.1 Å². The maximum Gasteiger partial charge on any atom is 0.329 e. The molecule has 0 saturated heterocycles. The van der Waals surface area contributed by atoms with E-state index in [0.29, 0.717) is 18.2 Å². The number of hydrogen-bond donors (Lipinski definition) is 3. The van der Waals surface area contributed by atoms with Gasteiger partial charge in [0.15, 0.2) is 11.2 Å². The minimum absolute atomic E-state index is 0.0613. The number of aliphatic hydroxyl groups excluding tert-OH is 1. The van der Waals surface area contributed by atoms with E-state index in [1.807, 2.05) is 24.3 Å². The van der Waals surface area contributed by atoms with Gasteiger partial charge in [-0.1, -0.05) is 38.8 Å². The number of aromatic nitrogens is 4. The number of aromatic amines is 1. The Balaban J connectivity index is 1.83. The van der Waals surface area contributed by atoms with Gasteiger partial charge in [-0.05, 0) is 30.5 Å². The zero-order valence-electron chi connectivity index (χ0n) is 18.4. The van der Waals surface area contributed by atoms with Crippen LogP contribution in [-0.4, -0.2) is 43.5 Å². The van der Waals surface area contributed by atoms with Crippen LogP contribution in [0.5, 0.6) is 5.75 Å². The number of fused-ring (bicyclic) bond motifs is 1. The first-order valence-corrected chi connectivity index (χ1v) is 10.8. The van der Waals surface area contributed by atoms with Crippen LogP contribution in [0.3, 0.4) is 0 Å². The molecule has 9 nitrogen and oxygen atoms in total. The van der Waals surface area contributed by atoms with Gasteiger partial charge in [0.25, 0.3) is 5.56 Å². The summed E-state index contributed by atoms with van der Waals surface area (Å²) in [5.41, 5.74) is 0.608. The van der Waals surface area contributed by atoms with Crippen LogP contribution in [0.15, 0.2) is 33.9 Å². The molecule has 2 aromatic heterocycles. The minimum atomic E-state index is -0.879. The average molecular weight is 430 g/mol. The molecule has 2 heterocycles. The van der Waals surface area contributed by atoms with Crippen molar-refractivity contribution in [2.24, 2.45) is 7.05 Å². The smallest absolute Gasteiger partial charge is 0.329 e. The maximum absolute atomic E-state index is 12.5. The highest BCUT2D eigenvalue weighted by atomic mass is 16.5. The topological polar surface area (TPSA) is 114 Å². The van der Waals surface area contributed by atoms with Crippen LogP contribution < -0.4 is 21.3 Å². The van der Waals surface area contributed by atoms with Gasteiger partial charge in [-0.2, -0.15) is 4.98 Å². The Bertz CT molecular complexity index is 1130. The molecule has 168 valence electrons. The lowest BCUT2D eigenvalue weighted by molar-refractivity contribution is 0.0938. The maximum atomic E-state index is 12.5. The van der Waals surface area contributed by atoms with E-state index in [1.165, 1.54) is 4.57 Å². The fourth-order valence-electron chi connectivity index (χ4n) is 3.43. The Kier molecular flexibility index (Phi) is 7.51. The van der Waals surface area contributed by atoms with Crippen LogP contribution in [-0.2, 0) is 20.0 Å². The normalized spacial score (nSPS) is 12.3. The molecule has 3 aromatic rings. The van der Waals surface area contributed by atoms with Crippen LogP contribution >= 0.6 is 0 Å². The van der Waals surface area contributed by atoms with E-state index >= 15 is 0 Å². The van der Waals surface area contributed by atoms with Gasteiger partial charge >= 0.3 is 5.69 Å². The number of aryl methyl sites for hydroxylation is 2. The van der Waals surface area contributed by atoms with E-state index in [4.69, 9.17) is 4.74 Å². The summed E-state index contributed by atoms with van der Waals surface area (Å²) in [4.78, 5) is 31.3. The number of ether oxygens (including phenoxy) is 1. The molecular formula is C22H31N5O4. The standard InChI is InChI=1S/C22H31N5O4/c1-4-6-7-11-23-21-24-19-18(20(29)25-22(30)26(19)3)27(21)13-16(28)14-31-17-10-8-9-15(5-2)12-17/h8-10,12,16,28H,4-7,11,13-14H2,1-3H3,(H,23,24)(H,25,29,30). The predicted molar refractivity (Wildman–Crippen MR) is 121 cm³/mol. The number of nitrogens with one attached hydrogen (secondary N) is 2. The van der Waals surface area contributed by atoms with Crippen molar-refractivity contribution in [1.29, 1.82) is 0 Å². The molecule has 0 aliphatic rings. The van der Waals surface area contributed by atoms with Gasteiger partial charge in [0.1, 0.15) is 18.5 Å². The summed E-state index contributed by atoms with van der Waals surface area (Å²) in [6.07, 6.45) is 3.13. The molecule has 1 atom stereocenters. The van der Waals surface area contributed by atoms with Gasteiger partial charge in [0.05, 0.1) is 6.54 Å². The highest BCUT2D eigenvalue weighted by molar-refractivity contribution is 5.74. The van der Waals surface area contributed by atoms with Crippen molar-refractivity contribution >= 4 is 17.1 Å². The second-order valence-electron chi connectivity index (χ2n) is 7.64. The zero-order chi connectivity index (χ0) is 22.4. The first-order chi connectivity index (χ1) is 14.9. The zero-order valence-corrected chi connectivity index (χ0v) is 18.4. The summed E-state index contributed by atoms with van der Waals surface area (Å²) in [6, 6.07) is 7.73. The largest absolute Gasteiger partial charge is 0.491 e. The predicted octanol–water partition coefficient (Wildman–Crippen LogP) is 2.03. The third-order valence-electron chi connectivity index (χ3n) is 5.21. The molecule has 31 heavy (non-hydrogen) atoms. The molecule has 3 rings (SSSR count). The second kappa shape index (κ2) is 10.3. The summed E-state index contributed by atoms with van der Waals surface area (Å²) in [5.74, 6) is 1.14. The minimum Gasteiger partial charge on any atom is -0.491 e. The SMILES string of the molecule is CCCCCNc1nc2c(c(=O)[nH]c(=O)n2C)n1CC(O)COc1cccc(CC)c1. The van der Waals surface area contributed by atoms with Crippen molar-refractivity contribution < 1.29 is 9.84 Å². The van der Waals surface area contributed by atoms with Crippen molar-refractivity contribution in [1.82, 2.24) is 19.1 Å². The van der Waals surface area contributed by atoms with Crippen LogP contribution in [0, 0.1) is 0 Å². The van der Waals surface area contributed by atoms with E-state index in [1.54, 1.807) is 11.6 Å². The number of nitrogens with zero attached hydrogens (tertiary/aromatic N) is 3. The number of H-pyrrole nitrogens is 1. The van der Waals surface area contributed by atoms with Crippen molar-refractivity contribution in [3.8, 4) is 5.75 Å². The van der Waals surface area contributed by atoms with Crippen molar-refractivity contribution in [2.45, 2.75) is 52.2 Å². The summed E-state index contributed by atoms with van der Waals surface area (Å²) >= 11 is 0. The van der Waals surface area contributed by atoms with E-state index in [-0.39, 0.29) is 24.3 Å². The molecule has 0 spiro atoms. The summed E-state index contributed by atoms with van der Waals surface area (Å²) in [5, 5.41) is 13.9. The Morgan fingerprint density at radius 1 is 1.26 bits per heavy atom. The van der Waals surface area contributed by atoms with E-state index in [9.17, 15) is 14.7 Å². The van der Waals surface area contributed by atoms with Crippen molar-refractivity contribution in [3.05, 3.63) is 50.7 Å². The first-order valence-electron chi connectivity index (χ1n) is 10.8. The number of rotatable bonds is 11. The van der Waals surface area contributed by atoms with Crippen molar-refractivity contribution in [2.75, 3.05) is 18.5 Å². The number of benzene rings is 1. The van der Waals surface area contributed by atoms with Gasteiger partial charge in [0.2, 0.25) is 5.95 Å². The third-order valence-corrected chi connectivity index (χ3v) is 5.21. The lowest BCUT2D eigenvalue weighted by Gasteiger charge is -2.16. The second-order valence-corrected chi connectivity index (χ2v) is 7.64. The first kappa shape index (κ1) is 22.6. The number of hydrogen-bond acceptors (Lipinski definition) is 6. The molecule has 0 aliphatic carbocycles. The summed E-state index contributed by atoms with van der Waals surface area (Å²) < 4.78 is 8.67. The molecular weight excluding hydrogens is 398 g/mol. The Morgan fingerprint density at radius 3 is 2.81 bits per heavy atom. The number of anilines is 1. The molecule has 1 aromatic carbocycles. The number of unbranched alkanes of at least 4 members (excludes halogenated alkanes) is 2. The Morgan fingerprint density at radius 2 is 2.06 bits per heavy atom. The van der Waals surface area contributed by atoms with Gasteiger partial charge < -0.3 is 19.7 Å². The fourth-order valence-corrected chi connectivity index (χ4v) is 3.43. The molecule has 0 aliphatic heterocycles. The molecule has 0 saturated carbocycles. The molecule has 0 radical (unpaired) electrons. The van der Waals surface area contributed by atoms with Crippen LogP contribution in [0.1, 0.15) is 38.7 Å². The monoisotopic (exact) mass is 429 g/mol. The third kappa shape index (κ3) is 5.35. The molecule has 0 fully saturated rings. The molecule has 0 amide bonds. The van der Waals surface area contributed by atoms with E-state index in [0.717, 1.165) is 31.2 Å². The molecule has 1 unspecified atom stereocenters. The van der Waals surface area contributed by atoms with Gasteiger partial charge in [-0.15, -0.1) is 0 Å². The number of aliphatic hydroxyl groups is 1. The summed E-state index contributed by atoms with van der Waals surface area (Å²) in [6.45, 7) is 5.03. The van der Waals surface area contributed by atoms with E-state index < -0.39 is 17.4 Å². The molecule has 9 heteroatoms. The molecule has 0 bridgehead atoms. The molecule has 3 N–H and O–H groups in total. The number of imidazole rings is 1. The quantitative estimate of drug-likeness (QED) is 0.402. The van der Waals surface area contributed by atoms with Crippen LogP contribution in [0.4, 0.5) is 5.95 Å². The highest BCUT2D eigenvalue weighted by Crippen LogP contribution is 2.18. The average Bonchev–Trinajstić information content (AvgIpc) is 3.12. The summed E-state index contributed by atoms with van der Waals surface area (Å²) in [7, 11) is 1.55. The Hall–Kier alpha value is -3.07. The van der Waals surface area contributed by atoms with Crippen LogP contribution in [0.2, 0.25) is 0 Å². The Labute approximate surface area is 180 Å². The van der Waals surface area contributed by atoms with Gasteiger partial charge in [-0.25, -0.2) is 4.79 Å². The van der Waals surface area contributed by atoms with Gasteiger partial charge in [0, 0.05) is 13.6 Å². The fraction of sp³-hybridized carbons (Fsp3) is 0.500. The van der Waals surface area contributed by atoms with Crippen LogP contribution in [0.25, 0.3) is 11.2 Å². The lowest BCUT2D eigenvalue weighted by Crippen LogP contribution is -2.31. The van der Waals surface area contributed by atoms with Crippen molar-refractivity contribution in [3.63, 3.8) is 0 Å². The van der Waals surface area contributed by atoms with Gasteiger partial charge in [-0.3, -0.25) is 14.3 Å². The lowest BCUT2D eigenvalue weighted by atomic mass is 10.2.